The van der Waals surface area contributed by atoms with Crippen molar-refractivity contribution in [3.63, 3.8) is 0 Å². The van der Waals surface area contributed by atoms with Crippen LogP contribution in [-0.2, 0) is 9.59 Å². The molecule has 0 amide bonds. The smallest absolute Gasteiger partial charge is 0.376 e. The quantitative estimate of drug-likeness (QED) is 0.655. The minimum atomic E-state index is -1.52. The molecule has 96 valence electrons. The Bertz CT molecular complexity index is 507. The summed E-state index contributed by atoms with van der Waals surface area (Å²) in [6.07, 6.45) is 2.28. The van der Waals surface area contributed by atoms with Crippen LogP contribution in [0.3, 0.4) is 0 Å². The van der Waals surface area contributed by atoms with Gasteiger partial charge in [-0.15, -0.1) is 0 Å². The molecule has 1 N–H and O–H groups in total. The minimum absolute atomic E-state index is 0.305. The van der Waals surface area contributed by atoms with E-state index in [1.807, 2.05) is 0 Å². The zero-order chi connectivity index (χ0) is 13.7. The van der Waals surface area contributed by atoms with Crippen LogP contribution in [0.5, 0.6) is 11.5 Å². The second kappa shape index (κ2) is 6.07. The second-order valence-electron chi connectivity index (χ2n) is 3.24. The molecule has 0 aromatic heterocycles. The number of hydrogen-bond donors (Lipinski definition) is 1. The zero-order valence-electron chi connectivity index (χ0n) is 9.77. The van der Waals surface area contributed by atoms with Gasteiger partial charge < -0.3 is 14.6 Å². The van der Waals surface area contributed by atoms with E-state index >= 15 is 0 Å². The molecule has 1 aromatic rings. The summed E-state index contributed by atoms with van der Waals surface area (Å²) in [4.78, 5) is 21.2. The normalized spacial score (nSPS) is 10.4. The molecule has 1 aromatic carbocycles. The SMILES string of the molecule is COc1cc(/C=C/C(=O)C(=O)O)cc(Cl)c1OC. The van der Waals surface area contributed by atoms with E-state index in [9.17, 15) is 9.59 Å². The highest BCUT2D eigenvalue weighted by Crippen LogP contribution is 2.36. The maximum atomic E-state index is 10.9. The Morgan fingerprint density at radius 3 is 2.44 bits per heavy atom. The Labute approximate surface area is 109 Å². The average Bonchev–Trinajstić information content (AvgIpc) is 2.34. The number of carboxylic acid groups (broad SMARTS) is 1. The van der Waals surface area contributed by atoms with Crippen molar-refractivity contribution in [3.8, 4) is 11.5 Å². The number of carbonyl (C=O) groups excluding carboxylic acids is 1. The first-order chi connectivity index (χ1) is 8.49. The van der Waals surface area contributed by atoms with Gasteiger partial charge in [0.15, 0.2) is 11.5 Å². The molecule has 0 aliphatic heterocycles. The van der Waals surface area contributed by atoms with Gasteiger partial charge in [-0.05, 0) is 23.8 Å². The highest BCUT2D eigenvalue weighted by molar-refractivity contribution is 6.38. The molecule has 0 bridgehead atoms. The summed E-state index contributed by atoms with van der Waals surface area (Å²) in [6.45, 7) is 0. The largest absolute Gasteiger partial charge is 0.493 e. The van der Waals surface area contributed by atoms with Gasteiger partial charge in [-0.25, -0.2) is 4.79 Å². The Morgan fingerprint density at radius 2 is 1.94 bits per heavy atom. The van der Waals surface area contributed by atoms with Crippen LogP contribution < -0.4 is 9.47 Å². The number of benzene rings is 1. The molecule has 0 unspecified atom stereocenters. The van der Waals surface area contributed by atoms with Gasteiger partial charge in [0.05, 0.1) is 19.2 Å². The van der Waals surface area contributed by atoms with Gasteiger partial charge >= 0.3 is 5.97 Å². The molecule has 1 rings (SSSR count). The van der Waals surface area contributed by atoms with Crippen LogP contribution in [0.1, 0.15) is 5.56 Å². The number of aliphatic carboxylic acids is 1. The molecule has 0 saturated heterocycles. The summed E-state index contributed by atoms with van der Waals surface area (Å²) in [5.74, 6) is -1.76. The van der Waals surface area contributed by atoms with Crippen LogP contribution in [0.25, 0.3) is 6.08 Å². The van der Waals surface area contributed by atoms with Crippen molar-refractivity contribution in [1.82, 2.24) is 0 Å². The maximum Gasteiger partial charge on any atom is 0.376 e. The number of rotatable bonds is 5. The van der Waals surface area contributed by atoms with E-state index in [1.54, 1.807) is 6.07 Å². The number of hydrogen-bond acceptors (Lipinski definition) is 4. The topological polar surface area (TPSA) is 72.8 Å². The fourth-order valence-electron chi connectivity index (χ4n) is 1.28. The molecule has 0 fully saturated rings. The van der Waals surface area contributed by atoms with Gasteiger partial charge in [-0.1, -0.05) is 17.7 Å². The third kappa shape index (κ3) is 3.24. The molecule has 0 spiro atoms. The highest BCUT2D eigenvalue weighted by Gasteiger charge is 2.10. The first-order valence-electron chi connectivity index (χ1n) is 4.86. The van der Waals surface area contributed by atoms with E-state index in [-0.39, 0.29) is 0 Å². The third-order valence-corrected chi connectivity index (χ3v) is 2.37. The Balaban J connectivity index is 3.09. The lowest BCUT2D eigenvalue weighted by molar-refractivity contribution is -0.146. The summed E-state index contributed by atoms with van der Waals surface area (Å²) >= 11 is 5.95. The molecule has 0 aliphatic carbocycles. The van der Waals surface area contributed by atoms with Crippen molar-refractivity contribution in [2.24, 2.45) is 0 Å². The number of halogens is 1. The first-order valence-corrected chi connectivity index (χ1v) is 5.24. The molecule has 0 heterocycles. The number of carbonyl (C=O) groups is 2. The molecule has 0 saturated carbocycles. The summed E-state index contributed by atoms with van der Waals surface area (Å²) in [7, 11) is 2.90. The standard InChI is InChI=1S/C12H11ClO5/c1-17-10-6-7(3-4-9(14)12(15)16)5-8(13)11(10)18-2/h3-6H,1-2H3,(H,15,16)/b4-3+. The zero-order valence-corrected chi connectivity index (χ0v) is 10.5. The first kappa shape index (κ1) is 14.1. The molecular weight excluding hydrogens is 260 g/mol. The van der Waals surface area contributed by atoms with Crippen molar-refractivity contribution in [2.75, 3.05) is 14.2 Å². The highest BCUT2D eigenvalue weighted by atomic mass is 35.5. The van der Waals surface area contributed by atoms with E-state index in [0.717, 1.165) is 6.08 Å². The molecular formula is C12H11ClO5. The lowest BCUT2D eigenvalue weighted by atomic mass is 10.1. The van der Waals surface area contributed by atoms with Gasteiger partial charge in [0.1, 0.15) is 0 Å². The number of ether oxygens (including phenoxy) is 2. The fourth-order valence-corrected chi connectivity index (χ4v) is 1.57. The van der Waals surface area contributed by atoms with Crippen molar-refractivity contribution in [1.29, 1.82) is 0 Å². The van der Waals surface area contributed by atoms with E-state index < -0.39 is 11.8 Å². The third-order valence-electron chi connectivity index (χ3n) is 2.09. The summed E-state index contributed by atoms with van der Waals surface area (Å²) in [5.41, 5.74) is 0.534. The van der Waals surface area contributed by atoms with Gasteiger partial charge in [-0.2, -0.15) is 0 Å². The van der Waals surface area contributed by atoms with Crippen molar-refractivity contribution < 1.29 is 24.2 Å². The van der Waals surface area contributed by atoms with Crippen LogP contribution in [0.2, 0.25) is 5.02 Å². The van der Waals surface area contributed by atoms with E-state index in [2.05, 4.69) is 0 Å². The van der Waals surface area contributed by atoms with Crippen LogP contribution >= 0.6 is 11.6 Å². The molecule has 5 nitrogen and oxygen atoms in total. The number of carboxylic acids is 1. The van der Waals surface area contributed by atoms with Crippen LogP contribution in [0.15, 0.2) is 18.2 Å². The lowest BCUT2D eigenvalue weighted by Crippen LogP contribution is -2.08. The minimum Gasteiger partial charge on any atom is -0.493 e. The molecule has 0 radical (unpaired) electrons. The Morgan fingerprint density at radius 1 is 1.28 bits per heavy atom. The van der Waals surface area contributed by atoms with Gasteiger partial charge in [-0.3, -0.25) is 4.79 Å². The Kier molecular flexibility index (Phi) is 4.74. The van der Waals surface area contributed by atoms with Crippen molar-refractivity contribution in [3.05, 3.63) is 28.8 Å². The van der Waals surface area contributed by atoms with Crippen molar-refractivity contribution in [2.45, 2.75) is 0 Å². The van der Waals surface area contributed by atoms with Gasteiger partial charge in [0, 0.05) is 0 Å². The van der Waals surface area contributed by atoms with Crippen molar-refractivity contribution >= 4 is 29.4 Å². The predicted molar refractivity (Wildman–Crippen MR) is 66.2 cm³/mol. The van der Waals surface area contributed by atoms with Gasteiger partial charge in [0.25, 0.3) is 5.78 Å². The van der Waals surface area contributed by atoms with Gasteiger partial charge in [0.2, 0.25) is 0 Å². The molecule has 0 aliphatic rings. The predicted octanol–water partition coefficient (Wildman–Crippen LogP) is 2.02. The number of ketones is 1. The monoisotopic (exact) mass is 270 g/mol. The Hall–Kier alpha value is -2.01. The number of methoxy groups -OCH3 is 2. The fraction of sp³-hybridized carbons (Fsp3) is 0.167. The van der Waals surface area contributed by atoms with Crippen LogP contribution in [0, 0.1) is 0 Å². The summed E-state index contributed by atoms with van der Waals surface area (Å²) in [6, 6.07) is 3.12. The van der Waals surface area contributed by atoms with Crippen LogP contribution in [0.4, 0.5) is 0 Å². The average molecular weight is 271 g/mol. The summed E-state index contributed by atoms with van der Waals surface area (Å²) < 4.78 is 10.1. The molecule has 0 atom stereocenters. The maximum absolute atomic E-state index is 10.9. The van der Waals surface area contributed by atoms with Crippen LogP contribution in [-0.4, -0.2) is 31.1 Å². The van der Waals surface area contributed by atoms with E-state index in [1.165, 1.54) is 26.4 Å². The lowest BCUT2D eigenvalue weighted by Gasteiger charge is -2.09. The van der Waals surface area contributed by atoms with E-state index in [0.29, 0.717) is 22.1 Å². The summed E-state index contributed by atoms with van der Waals surface area (Å²) in [5, 5.41) is 8.73. The molecule has 18 heavy (non-hydrogen) atoms. The molecule has 6 heteroatoms. The second-order valence-corrected chi connectivity index (χ2v) is 3.65. The van der Waals surface area contributed by atoms with E-state index in [4.69, 9.17) is 26.2 Å².